The average Bonchev–Trinajstić information content (AvgIpc) is 2.48. The number of aryl methyl sites for hydroxylation is 1. The Hall–Kier alpha value is -0.460. The van der Waals surface area contributed by atoms with Crippen LogP contribution in [0.2, 0.25) is 0 Å². The molecule has 0 aliphatic carbocycles. The minimum absolute atomic E-state index is 0.291. The van der Waals surface area contributed by atoms with Crippen molar-refractivity contribution in [2.24, 2.45) is 0 Å². The third-order valence-corrected chi connectivity index (χ3v) is 4.47. The molecular formula is C8H14N2O2S2. The van der Waals surface area contributed by atoms with E-state index in [0.29, 0.717) is 6.54 Å². The molecule has 0 amide bonds. The second kappa shape index (κ2) is 4.37. The van der Waals surface area contributed by atoms with Crippen molar-refractivity contribution in [2.75, 3.05) is 0 Å². The van der Waals surface area contributed by atoms with Gasteiger partial charge >= 0.3 is 0 Å². The van der Waals surface area contributed by atoms with Crippen LogP contribution in [0.4, 0.5) is 0 Å². The van der Waals surface area contributed by atoms with Crippen molar-refractivity contribution in [1.82, 2.24) is 9.71 Å². The molecule has 0 unspecified atom stereocenters. The van der Waals surface area contributed by atoms with Crippen LogP contribution in [0.1, 0.15) is 24.5 Å². The maximum Gasteiger partial charge on any atom is 0.214 e. The molecule has 6 heteroatoms. The molecule has 1 aromatic heterocycles. The first-order valence-corrected chi connectivity index (χ1v) is 6.74. The summed E-state index contributed by atoms with van der Waals surface area (Å²) in [5.74, 6) is 0. The van der Waals surface area contributed by atoms with Gasteiger partial charge in [-0.25, -0.2) is 18.1 Å². The fraction of sp³-hybridized carbons (Fsp3) is 0.625. The summed E-state index contributed by atoms with van der Waals surface area (Å²) in [4.78, 5) is 4.16. The van der Waals surface area contributed by atoms with Gasteiger partial charge in [-0.3, -0.25) is 0 Å². The van der Waals surface area contributed by atoms with Gasteiger partial charge in [0.1, 0.15) is 5.01 Å². The summed E-state index contributed by atoms with van der Waals surface area (Å²) in [6.07, 6.45) is 0. The summed E-state index contributed by atoms with van der Waals surface area (Å²) in [6.45, 7) is 5.47. The lowest BCUT2D eigenvalue weighted by molar-refractivity contribution is 0.572. The molecule has 0 aliphatic heterocycles. The van der Waals surface area contributed by atoms with Gasteiger partial charge in [-0.15, -0.1) is 11.3 Å². The van der Waals surface area contributed by atoms with E-state index < -0.39 is 15.3 Å². The molecule has 0 fully saturated rings. The van der Waals surface area contributed by atoms with Crippen LogP contribution in [0.15, 0.2) is 5.38 Å². The number of aromatic nitrogens is 1. The van der Waals surface area contributed by atoms with Crippen LogP contribution < -0.4 is 4.72 Å². The highest BCUT2D eigenvalue weighted by Gasteiger charge is 2.15. The second-order valence-corrected chi connectivity index (χ2v) is 6.56. The Bertz CT molecular complexity index is 395. The van der Waals surface area contributed by atoms with Crippen LogP contribution in [-0.2, 0) is 16.6 Å². The lowest BCUT2D eigenvalue weighted by Gasteiger charge is -2.07. The van der Waals surface area contributed by atoms with E-state index >= 15 is 0 Å². The van der Waals surface area contributed by atoms with Crippen molar-refractivity contribution in [3.63, 3.8) is 0 Å². The van der Waals surface area contributed by atoms with E-state index in [1.807, 2.05) is 12.3 Å². The first-order chi connectivity index (χ1) is 6.42. The summed E-state index contributed by atoms with van der Waals surface area (Å²) >= 11 is 1.46. The van der Waals surface area contributed by atoms with E-state index in [-0.39, 0.29) is 0 Å². The van der Waals surface area contributed by atoms with E-state index in [1.54, 1.807) is 13.8 Å². The summed E-state index contributed by atoms with van der Waals surface area (Å²) in [7, 11) is -3.17. The Kier molecular flexibility index (Phi) is 3.63. The van der Waals surface area contributed by atoms with Crippen molar-refractivity contribution in [3.05, 3.63) is 16.1 Å². The SMILES string of the molecule is Cc1csc(CNS(=O)(=O)C(C)C)n1. The molecule has 0 bridgehead atoms. The number of nitrogens with one attached hydrogen (secondary N) is 1. The minimum Gasteiger partial charge on any atom is -0.245 e. The van der Waals surface area contributed by atoms with Crippen molar-refractivity contribution in [1.29, 1.82) is 0 Å². The van der Waals surface area contributed by atoms with Gasteiger partial charge in [0.05, 0.1) is 11.8 Å². The highest BCUT2D eigenvalue weighted by molar-refractivity contribution is 7.90. The smallest absolute Gasteiger partial charge is 0.214 e. The van der Waals surface area contributed by atoms with E-state index in [0.717, 1.165) is 10.7 Å². The van der Waals surface area contributed by atoms with Crippen molar-refractivity contribution < 1.29 is 8.42 Å². The molecule has 1 aromatic rings. The number of rotatable bonds is 4. The molecular weight excluding hydrogens is 220 g/mol. The quantitative estimate of drug-likeness (QED) is 0.853. The molecule has 0 spiro atoms. The van der Waals surface area contributed by atoms with Gasteiger partial charge in [-0.1, -0.05) is 0 Å². The largest absolute Gasteiger partial charge is 0.245 e. The monoisotopic (exact) mass is 234 g/mol. The highest BCUT2D eigenvalue weighted by atomic mass is 32.2. The van der Waals surface area contributed by atoms with E-state index in [1.165, 1.54) is 11.3 Å². The van der Waals surface area contributed by atoms with Gasteiger partial charge < -0.3 is 0 Å². The first kappa shape index (κ1) is 11.6. The highest BCUT2D eigenvalue weighted by Crippen LogP contribution is 2.09. The third kappa shape index (κ3) is 3.04. The number of hydrogen-bond donors (Lipinski definition) is 1. The van der Waals surface area contributed by atoms with Gasteiger partial charge in [-0.2, -0.15) is 0 Å². The number of nitrogens with zero attached hydrogens (tertiary/aromatic N) is 1. The summed E-state index contributed by atoms with van der Waals surface area (Å²) in [6, 6.07) is 0. The maximum atomic E-state index is 11.4. The van der Waals surface area contributed by atoms with Crippen LogP contribution in [0.25, 0.3) is 0 Å². The Morgan fingerprint density at radius 2 is 2.21 bits per heavy atom. The number of hydrogen-bond acceptors (Lipinski definition) is 4. The van der Waals surface area contributed by atoms with Crippen LogP contribution in [0.3, 0.4) is 0 Å². The zero-order valence-corrected chi connectivity index (χ0v) is 10.1. The molecule has 0 saturated heterocycles. The van der Waals surface area contributed by atoms with E-state index in [4.69, 9.17) is 0 Å². The van der Waals surface area contributed by atoms with Crippen molar-refractivity contribution in [2.45, 2.75) is 32.6 Å². The predicted octanol–water partition coefficient (Wildman–Crippen LogP) is 1.28. The minimum atomic E-state index is -3.17. The lowest BCUT2D eigenvalue weighted by atomic mass is 10.6. The molecule has 0 saturated carbocycles. The topological polar surface area (TPSA) is 59.1 Å². The second-order valence-electron chi connectivity index (χ2n) is 3.30. The normalized spacial score (nSPS) is 12.3. The van der Waals surface area contributed by atoms with Crippen LogP contribution >= 0.6 is 11.3 Å². The number of thiazole rings is 1. The molecule has 80 valence electrons. The average molecular weight is 234 g/mol. The first-order valence-electron chi connectivity index (χ1n) is 4.31. The fourth-order valence-corrected chi connectivity index (χ4v) is 2.29. The predicted molar refractivity (Wildman–Crippen MR) is 57.7 cm³/mol. The van der Waals surface area contributed by atoms with Gasteiger partial charge in [0, 0.05) is 11.1 Å². The molecule has 0 atom stereocenters. The van der Waals surface area contributed by atoms with Gasteiger partial charge in [-0.05, 0) is 20.8 Å². The van der Waals surface area contributed by atoms with Crippen LogP contribution in [-0.4, -0.2) is 18.7 Å². The number of sulfonamides is 1. The summed E-state index contributed by atoms with van der Waals surface area (Å²) in [5.41, 5.74) is 0.925. The Morgan fingerprint density at radius 3 is 2.64 bits per heavy atom. The zero-order valence-electron chi connectivity index (χ0n) is 8.44. The Balaban J connectivity index is 2.57. The molecule has 0 aliphatic rings. The van der Waals surface area contributed by atoms with Crippen molar-refractivity contribution >= 4 is 21.4 Å². The van der Waals surface area contributed by atoms with Gasteiger partial charge in [0.2, 0.25) is 10.0 Å². The molecule has 1 rings (SSSR count). The summed E-state index contributed by atoms with van der Waals surface area (Å²) < 4.78 is 25.3. The maximum absolute atomic E-state index is 11.4. The van der Waals surface area contributed by atoms with E-state index in [2.05, 4.69) is 9.71 Å². The van der Waals surface area contributed by atoms with Crippen molar-refractivity contribution in [3.8, 4) is 0 Å². The standard InChI is InChI=1S/C8H14N2O2S2/c1-6(2)14(11,12)9-4-8-10-7(3)5-13-8/h5-6,9H,4H2,1-3H3. The van der Waals surface area contributed by atoms with Gasteiger partial charge in [0.15, 0.2) is 0 Å². The molecule has 0 aromatic carbocycles. The molecule has 14 heavy (non-hydrogen) atoms. The molecule has 0 radical (unpaired) electrons. The molecule has 1 heterocycles. The van der Waals surface area contributed by atoms with Gasteiger partial charge in [0.25, 0.3) is 0 Å². The molecule has 4 nitrogen and oxygen atoms in total. The zero-order chi connectivity index (χ0) is 10.8. The van der Waals surface area contributed by atoms with E-state index in [9.17, 15) is 8.42 Å². The van der Waals surface area contributed by atoms with Crippen LogP contribution in [0, 0.1) is 6.92 Å². The van der Waals surface area contributed by atoms with Crippen LogP contribution in [0.5, 0.6) is 0 Å². The Labute approximate surface area is 88.4 Å². The Morgan fingerprint density at radius 1 is 1.57 bits per heavy atom. The molecule has 1 N–H and O–H groups in total. The fourth-order valence-electron chi connectivity index (χ4n) is 0.813. The summed E-state index contributed by atoms with van der Waals surface area (Å²) in [5, 5.41) is 2.30. The lowest BCUT2D eigenvalue weighted by Crippen LogP contribution is -2.30. The third-order valence-electron chi connectivity index (χ3n) is 1.71.